The third kappa shape index (κ3) is 3.39. The highest BCUT2D eigenvalue weighted by Gasteiger charge is 2.43. The molecule has 0 aromatic rings. The van der Waals surface area contributed by atoms with Gasteiger partial charge in [0.15, 0.2) is 0 Å². The van der Waals surface area contributed by atoms with Crippen LogP contribution in [-0.2, 0) is 9.59 Å². The number of carboxylic acid groups (broad SMARTS) is 1. The van der Waals surface area contributed by atoms with Crippen molar-refractivity contribution in [2.45, 2.75) is 52.5 Å². The highest BCUT2D eigenvalue weighted by Crippen LogP contribution is 2.36. The fourth-order valence-electron chi connectivity index (χ4n) is 3.71. The largest absolute Gasteiger partial charge is 0.481 e. The molecule has 2 N–H and O–H groups in total. The third-order valence-electron chi connectivity index (χ3n) is 5.35. The van der Waals surface area contributed by atoms with Gasteiger partial charge in [0, 0.05) is 18.0 Å². The van der Waals surface area contributed by atoms with Gasteiger partial charge >= 0.3 is 5.97 Å². The van der Waals surface area contributed by atoms with Crippen LogP contribution in [-0.4, -0.2) is 47.6 Å². The molecule has 0 radical (unpaired) electrons. The van der Waals surface area contributed by atoms with Gasteiger partial charge in [0.05, 0.1) is 5.92 Å². The van der Waals surface area contributed by atoms with Gasteiger partial charge in [0.25, 0.3) is 0 Å². The molecule has 0 saturated carbocycles. The summed E-state index contributed by atoms with van der Waals surface area (Å²) in [6, 6.07) is 0.0168. The molecule has 21 heavy (non-hydrogen) atoms. The molecule has 5 nitrogen and oxygen atoms in total. The maximum atomic E-state index is 13.0. The second kappa shape index (κ2) is 6.34. The standard InChI is InChI=1S/C16H28N2O3/c1-11-9-12(14(19)20)6-8-18(11)15(21)16(2,3)13-5-4-7-17-10-13/h11-13,17H,4-10H2,1-3H3,(H,19,20). The quantitative estimate of drug-likeness (QED) is 0.832. The summed E-state index contributed by atoms with van der Waals surface area (Å²) in [6.45, 7) is 8.58. The SMILES string of the molecule is CC1CC(C(=O)O)CCN1C(=O)C(C)(C)C1CCCNC1. The molecular weight excluding hydrogens is 268 g/mol. The van der Waals surface area contributed by atoms with E-state index in [9.17, 15) is 9.59 Å². The Labute approximate surface area is 127 Å². The molecular formula is C16H28N2O3. The van der Waals surface area contributed by atoms with Gasteiger partial charge in [-0.2, -0.15) is 0 Å². The summed E-state index contributed by atoms with van der Waals surface area (Å²) in [5.74, 6) is -0.483. The average Bonchev–Trinajstić information content (AvgIpc) is 2.47. The van der Waals surface area contributed by atoms with Gasteiger partial charge in [-0.05, 0) is 51.6 Å². The number of rotatable bonds is 3. The summed E-state index contributed by atoms with van der Waals surface area (Å²) in [4.78, 5) is 26.0. The van der Waals surface area contributed by atoms with E-state index in [1.54, 1.807) is 0 Å². The van der Waals surface area contributed by atoms with Gasteiger partial charge in [-0.25, -0.2) is 0 Å². The zero-order valence-electron chi connectivity index (χ0n) is 13.4. The van der Waals surface area contributed by atoms with Crippen molar-refractivity contribution in [2.24, 2.45) is 17.3 Å². The topological polar surface area (TPSA) is 69.6 Å². The van der Waals surface area contributed by atoms with Crippen molar-refractivity contribution in [3.63, 3.8) is 0 Å². The molecule has 2 aliphatic rings. The van der Waals surface area contributed by atoms with E-state index < -0.39 is 5.97 Å². The Morgan fingerprint density at radius 2 is 2.00 bits per heavy atom. The summed E-state index contributed by atoms with van der Waals surface area (Å²) >= 11 is 0. The Balaban J connectivity index is 2.03. The summed E-state index contributed by atoms with van der Waals surface area (Å²) in [7, 11) is 0. The fourth-order valence-corrected chi connectivity index (χ4v) is 3.71. The number of hydrogen-bond donors (Lipinski definition) is 2. The molecule has 1 amide bonds. The lowest BCUT2D eigenvalue weighted by atomic mass is 9.73. The van der Waals surface area contributed by atoms with Crippen LogP contribution in [0.15, 0.2) is 0 Å². The Morgan fingerprint density at radius 1 is 1.29 bits per heavy atom. The van der Waals surface area contributed by atoms with Gasteiger partial charge in [0.1, 0.15) is 0 Å². The maximum absolute atomic E-state index is 13.0. The van der Waals surface area contributed by atoms with Gasteiger partial charge in [0.2, 0.25) is 5.91 Å². The number of nitrogens with one attached hydrogen (secondary N) is 1. The first-order valence-corrected chi connectivity index (χ1v) is 8.08. The van der Waals surface area contributed by atoms with Crippen molar-refractivity contribution in [1.29, 1.82) is 0 Å². The predicted octanol–water partition coefficient (Wildman–Crippen LogP) is 1.72. The Kier molecular flexibility index (Phi) is 4.91. The number of amides is 1. The lowest BCUT2D eigenvalue weighted by Gasteiger charge is -2.44. The minimum absolute atomic E-state index is 0.0168. The summed E-state index contributed by atoms with van der Waals surface area (Å²) in [5.41, 5.74) is -0.377. The Hall–Kier alpha value is -1.10. The van der Waals surface area contributed by atoms with Crippen LogP contribution in [0.5, 0.6) is 0 Å². The van der Waals surface area contributed by atoms with Crippen LogP contribution in [0.25, 0.3) is 0 Å². The van der Waals surface area contributed by atoms with Crippen LogP contribution in [0.3, 0.4) is 0 Å². The van der Waals surface area contributed by atoms with Crippen molar-refractivity contribution >= 4 is 11.9 Å². The predicted molar refractivity (Wildman–Crippen MR) is 80.9 cm³/mol. The fraction of sp³-hybridized carbons (Fsp3) is 0.875. The zero-order chi connectivity index (χ0) is 15.6. The molecule has 2 saturated heterocycles. The Morgan fingerprint density at radius 3 is 2.52 bits per heavy atom. The molecule has 0 spiro atoms. The van der Waals surface area contributed by atoms with E-state index in [0.29, 0.717) is 25.3 Å². The summed E-state index contributed by atoms with van der Waals surface area (Å²) in [5, 5.41) is 12.5. The van der Waals surface area contributed by atoms with Crippen molar-refractivity contribution < 1.29 is 14.7 Å². The van der Waals surface area contributed by atoms with Gasteiger partial charge in [-0.1, -0.05) is 13.8 Å². The molecule has 0 bridgehead atoms. The molecule has 5 heteroatoms. The van der Waals surface area contributed by atoms with E-state index in [-0.39, 0.29) is 23.3 Å². The van der Waals surface area contributed by atoms with Gasteiger partial charge in [-0.3, -0.25) is 9.59 Å². The second-order valence-electron chi connectivity index (χ2n) is 7.17. The number of likely N-dealkylation sites (tertiary alicyclic amines) is 1. The smallest absolute Gasteiger partial charge is 0.306 e. The minimum Gasteiger partial charge on any atom is -0.481 e. The molecule has 2 fully saturated rings. The zero-order valence-corrected chi connectivity index (χ0v) is 13.4. The molecule has 2 rings (SSSR count). The molecule has 0 aliphatic carbocycles. The number of hydrogen-bond acceptors (Lipinski definition) is 3. The first-order chi connectivity index (χ1) is 9.84. The molecule has 120 valence electrons. The number of carbonyl (C=O) groups excluding carboxylic acids is 1. The van der Waals surface area contributed by atoms with E-state index in [0.717, 1.165) is 25.9 Å². The van der Waals surface area contributed by atoms with Crippen molar-refractivity contribution in [3.8, 4) is 0 Å². The highest BCUT2D eigenvalue weighted by atomic mass is 16.4. The van der Waals surface area contributed by atoms with E-state index in [4.69, 9.17) is 5.11 Å². The van der Waals surface area contributed by atoms with Crippen LogP contribution in [0.4, 0.5) is 0 Å². The van der Waals surface area contributed by atoms with E-state index in [2.05, 4.69) is 5.32 Å². The van der Waals surface area contributed by atoms with Gasteiger partial charge < -0.3 is 15.3 Å². The van der Waals surface area contributed by atoms with Crippen LogP contribution < -0.4 is 5.32 Å². The van der Waals surface area contributed by atoms with E-state index >= 15 is 0 Å². The first kappa shape index (κ1) is 16.3. The lowest BCUT2D eigenvalue weighted by Crippen LogP contribution is -2.54. The number of carboxylic acids is 1. The first-order valence-electron chi connectivity index (χ1n) is 8.08. The maximum Gasteiger partial charge on any atom is 0.306 e. The van der Waals surface area contributed by atoms with Crippen molar-refractivity contribution in [3.05, 3.63) is 0 Å². The third-order valence-corrected chi connectivity index (χ3v) is 5.35. The van der Waals surface area contributed by atoms with Crippen molar-refractivity contribution in [2.75, 3.05) is 19.6 Å². The average molecular weight is 296 g/mol. The Bertz CT molecular complexity index is 402. The second-order valence-corrected chi connectivity index (χ2v) is 7.17. The normalized spacial score (nSPS) is 31.0. The number of piperidine rings is 2. The molecule has 3 atom stereocenters. The van der Waals surface area contributed by atoms with Crippen LogP contribution in [0, 0.1) is 17.3 Å². The molecule has 0 aromatic heterocycles. The summed E-state index contributed by atoms with van der Waals surface area (Å²) in [6.07, 6.45) is 3.36. The molecule has 2 aliphatic heterocycles. The van der Waals surface area contributed by atoms with Crippen LogP contribution in [0.1, 0.15) is 46.5 Å². The molecule has 3 unspecified atom stereocenters. The van der Waals surface area contributed by atoms with Crippen LogP contribution >= 0.6 is 0 Å². The molecule has 0 aromatic carbocycles. The van der Waals surface area contributed by atoms with Crippen LogP contribution in [0.2, 0.25) is 0 Å². The number of carbonyl (C=O) groups is 2. The minimum atomic E-state index is -0.732. The summed E-state index contributed by atoms with van der Waals surface area (Å²) < 4.78 is 0. The number of nitrogens with zero attached hydrogens (tertiary/aromatic N) is 1. The van der Waals surface area contributed by atoms with Crippen molar-refractivity contribution in [1.82, 2.24) is 10.2 Å². The lowest BCUT2D eigenvalue weighted by molar-refractivity contribution is -0.153. The van der Waals surface area contributed by atoms with E-state index in [1.807, 2.05) is 25.7 Å². The molecule has 2 heterocycles. The highest BCUT2D eigenvalue weighted by molar-refractivity contribution is 5.83. The number of aliphatic carboxylic acids is 1. The monoisotopic (exact) mass is 296 g/mol. The van der Waals surface area contributed by atoms with Gasteiger partial charge in [-0.15, -0.1) is 0 Å². The van der Waals surface area contributed by atoms with E-state index in [1.165, 1.54) is 0 Å².